The number of rotatable bonds is 5. The Morgan fingerprint density at radius 2 is 2.20 bits per heavy atom. The minimum Gasteiger partial charge on any atom is -0.336 e. The highest BCUT2D eigenvalue weighted by Gasteiger charge is 2.24. The third-order valence-electron chi connectivity index (χ3n) is 3.43. The van der Waals surface area contributed by atoms with E-state index in [1.165, 1.54) is 14.2 Å². The van der Waals surface area contributed by atoms with Gasteiger partial charge in [0.1, 0.15) is 0 Å². The quantitative estimate of drug-likeness (QED) is 0.869. The monoisotopic (exact) mass is 355 g/mol. The summed E-state index contributed by atoms with van der Waals surface area (Å²) in [6, 6.07) is 2.61. The maximum atomic E-state index is 4.12. The molecule has 0 saturated heterocycles. The zero-order valence-corrected chi connectivity index (χ0v) is 14.9. The molecular formula is C15H22BrN3S. The van der Waals surface area contributed by atoms with E-state index in [0.717, 1.165) is 13.1 Å². The van der Waals surface area contributed by atoms with Gasteiger partial charge in [0.15, 0.2) is 0 Å². The molecule has 0 radical (unpaired) electrons. The first kappa shape index (κ1) is 15.7. The first-order valence-corrected chi connectivity index (χ1v) is 8.41. The van der Waals surface area contributed by atoms with Crippen molar-refractivity contribution in [3.05, 3.63) is 39.0 Å². The van der Waals surface area contributed by atoms with Crippen molar-refractivity contribution in [2.75, 3.05) is 0 Å². The molecule has 0 aliphatic carbocycles. The van der Waals surface area contributed by atoms with Gasteiger partial charge in [-0.2, -0.15) is 0 Å². The van der Waals surface area contributed by atoms with Crippen LogP contribution in [0.3, 0.4) is 0 Å². The van der Waals surface area contributed by atoms with E-state index in [9.17, 15) is 0 Å². The predicted octanol–water partition coefficient (Wildman–Crippen LogP) is 4.22. The van der Waals surface area contributed by atoms with Crippen LogP contribution in [0.15, 0.2) is 29.3 Å². The number of aryl methyl sites for hydroxylation is 1. The van der Waals surface area contributed by atoms with Crippen molar-refractivity contribution in [2.24, 2.45) is 5.41 Å². The summed E-state index contributed by atoms with van der Waals surface area (Å²) in [5, 5.41) is 3.70. The molecule has 0 bridgehead atoms. The molecule has 3 nitrogen and oxygen atoms in total. The Kier molecular flexibility index (Phi) is 5.04. The van der Waals surface area contributed by atoms with E-state index in [2.05, 4.69) is 64.6 Å². The van der Waals surface area contributed by atoms with Crippen LogP contribution in [0, 0.1) is 12.3 Å². The molecule has 0 aromatic carbocycles. The van der Waals surface area contributed by atoms with Crippen LogP contribution in [0.25, 0.3) is 0 Å². The molecule has 1 unspecified atom stereocenters. The van der Waals surface area contributed by atoms with E-state index in [1.807, 2.05) is 30.1 Å². The number of hydrogen-bond acceptors (Lipinski definition) is 3. The molecule has 5 heteroatoms. The highest BCUT2D eigenvalue weighted by Crippen LogP contribution is 2.27. The second kappa shape index (κ2) is 6.41. The summed E-state index contributed by atoms with van der Waals surface area (Å²) in [6.45, 7) is 10.8. The molecule has 0 amide bonds. The first-order chi connectivity index (χ1) is 9.36. The molecule has 20 heavy (non-hydrogen) atoms. The molecule has 0 spiro atoms. The van der Waals surface area contributed by atoms with Crippen molar-refractivity contribution in [1.29, 1.82) is 0 Å². The van der Waals surface area contributed by atoms with Crippen LogP contribution in [0.2, 0.25) is 0 Å². The predicted molar refractivity (Wildman–Crippen MR) is 89.1 cm³/mol. The number of nitrogens with zero attached hydrogens (tertiary/aromatic N) is 2. The highest BCUT2D eigenvalue weighted by atomic mass is 79.9. The maximum Gasteiger partial charge on any atom is 0.0946 e. The van der Waals surface area contributed by atoms with E-state index >= 15 is 0 Å². The smallest absolute Gasteiger partial charge is 0.0946 e. The lowest BCUT2D eigenvalue weighted by Gasteiger charge is -2.32. The van der Waals surface area contributed by atoms with Gasteiger partial charge >= 0.3 is 0 Å². The van der Waals surface area contributed by atoms with Gasteiger partial charge in [-0.05, 0) is 34.3 Å². The van der Waals surface area contributed by atoms with Crippen LogP contribution in [0.4, 0.5) is 0 Å². The largest absolute Gasteiger partial charge is 0.336 e. The van der Waals surface area contributed by atoms with E-state index in [4.69, 9.17) is 0 Å². The fraction of sp³-hybridized carbons (Fsp3) is 0.533. The SMILES string of the molecule is Cc1sc(CNC(Cn2ccnc2)C(C)(C)C)cc1Br. The number of imidazole rings is 1. The Morgan fingerprint density at radius 3 is 2.70 bits per heavy atom. The zero-order valence-electron chi connectivity index (χ0n) is 12.5. The molecule has 2 aromatic heterocycles. The topological polar surface area (TPSA) is 29.9 Å². The second-order valence-electron chi connectivity index (χ2n) is 6.18. The molecule has 0 fully saturated rings. The van der Waals surface area contributed by atoms with Crippen molar-refractivity contribution in [2.45, 2.75) is 46.8 Å². The van der Waals surface area contributed by atoms with Crippen LogP contribution in [-0.4, -0.2) is 15.6 Å². The first-order valence-electron chi connectivity index (χ1n) is 6.80. The van der Waals surface area contributed by atoms with E-state index in [1.54, 1.807) is 0 Å². The van der Waals surface area contributed by atoms with Gasteiger partial charge in [0, 0.05) is 45.8 Å². The summed E-state index contributed by atoms with van der Waals surface area (Å²) in [4.78, 5) is 6.83. The minimum atomic E-state index is 0.202. The van der Waals surface area contributed by atoms with Crippen molar-refractivity contribution in [3.63, 3.8) is 0 Å². The van der Waals surface area contributed by atoms with Crippen LogP contribution in [-0.2, 0) is 13.1 Å². The summed E-state index contributed by atoms with van der Waals surface area (Å²) >= 11 is 5.43. The van der Waals surface area contributed by atoms with Crippen molar-refractivity contribution in [3.8, 4) is 0 Å². The van der Waals surface area contributed by atoms with Gasteiger partial charge in [-0.25, -0.2) is 4.98 Å². The van der Waals surface area contributed by atoms with Gasteiger partial charge in [0.05, 0.1) is 6.33 Å². The standard InChI is InChI=1S/C15H22BrN3S/c1-11-13(16)7-12(20-11)8-18-14(15(2,3)4)9-19-6-5-17-10-19/h5-7,10,14,18H,8-9H2,1-4H3. The summed E-state index contributed by atoms with van der Waals surface area (Å²) in [5.74, 6) is 0. The molecule has 110 valence electrons. The molecular weight excluding hydrogens is 334 g/mol. The Morgan fingerprint density at radius 1 is 1.45 bits per heavy atom. The number of halogens is 1. The Balaban J connectivity index is 2.01. The van der Waals surface area contributed by atoms with Gasteiger partial charge < -0.3 is 9.88 Å². The molecule has 0 saturated carbocycles. The van der Waals surface area contributed by atoms with E-state index < -0.39 is 0 Å². The summed E-state index contributed by atoms with van der Waals surface area (Å²) in [5.41, 5.74) is 0.202. The summed E-state index contributed by atoms with van der Waals surface area (Å²) in [7, 11) is 0. The molecule has 2 heterocycles. The third kappa shape index (κ3) is 4.17. The molecule has 0 aliphatic heterocycles. The summed E-state index contributed by atoms with van der Waals surface area (Å²) in [6.07, 6.45) is 5.73. The average Bonchev–Trinajstić information content (AvgIpc) is 2.94. The van der Waals surface area contributed by atoms with Crippen LogP contribution < -0.4 is 5.32 Å². The van der Waals surface area contributed by atoms with Gasteiger partial charge in [-0.1, -0.05) is 20.8 Å². The Hall–Kier alpha value is -0.650. The molecule has 1 atom stereocenters. The number of hydrogen-bond donors (Lipinski definition) is 1. The lowest BCUT2D eigenvalue weighted by molar-refractivity contribution is 0.240. The summed E-state index contributed by atoms with van der Waals surface area (Å²) < 4.78 is 3.35. The van der Waals surface area contributed by atoms with Crippen LogP contribution in [0.1, 0.15) is 30.5 Å². The highest BCUT2D eigenvalue weighted by molar-refractivity contribution is 9.10. The van der Waals surface area contributed by atoms with E-state index in [0.29, 0.717) is 6.04 Å². The van der Waals surface area contributed by atoms with Crippen molar-refractivity contribution >= 4 is 27.3 Å². The zero-order chi connectivity index (χ0) is 14.8. The average molecular weight is 356 g/mol. The van der Waals surface area contributed by atoms with Gasteiger partial charge in [-0.15, -0.1) is 11.3 Å². The maximum absolute atomic E-state index is 4.12. The lowest BCUT2D eigenvalue weighted by atomic mass is 9.86. The Bertz CT molecular complexity index is 520. The minimum absolute atomic E-state index is 0.202. The van der Waals surface area contributed by atoms with Crippen LogP contribution in [0.5, 0.6) is 0 Å². The van der Waals surface area contributed by atoms with Gasteiger partial charge in [0.2, 0.25) is 0 Å². The van der Waals surface area contributed by atoms with Crippen LogP contribution >= 0.6 is 27.3 Å². The molecule has 0 aliphatic rings. The molecule has 2 rings (SSSR count). The van der Waals surface area contributed by atoms with Gasteiger partial charge in [-0.3, -0.25) is 0 Å². The normalized spacial score (nSPS) is 13.7. The molecule has 2 aromatic rings. The number of nitrogens with one attached hydrogen (secondary N) is 1. The third-order valence-corrected chi connectivity index (χ3v) is 5.57. The van der Waals surface area contributed by atoms with Crippen molar-refractivity contribution in [1.82, 2.24) is 14.9 Å². The van der Waals surface area contributed by atoms with E-state index in [-0.39, 0.29) is 5.41 Å². The molecule has 1 N–H and O–H groups in total. The van der Waals surface area contributed by atoms with Crippen molar-refractivity contribution < 1.29 is 0 Å². The number of thiophene rings is 1. The Labute approximate surface area is 133 Å². The van der Waals surface area contributed by atoms with Gasteiger partial charge in [0.25, 0.3) is 0 Å². The number of aromatic nitrogens is 2. The fourth-order valence-corrected chi connectivity index (χ4v) is 3.63. The fourth-order valence-electron chi connectivity index (χ4n) is 2.08. The lowest BCUT2D eigenvalue weighted by Crippen LogP contribution is -2.42. The second-order valence-corrected chi connectivity index (χ2v) is 8.37.